The van der Waals surface area contributed by atoms with Crippen LogP contribution in [0.1, 0.15) is 49.9 Å². The number of nitrogens with zero attached hydrogens (tertiary/aromatic N) is 4. The smallest absolute Gasteiger partial charge is 0.471 e. The van der Waals surface area contributed by atoms with Crippen LogP contribution in [0.3, 0.4) is 0 Å². The molecule has 246 valence electrons. The Bertz CT molecular complexity index is 1560. The molecular weight excluding hydrogens is 622 g/mol. The number of methoxy groups -OCH3 is 1. The molecule has 0 aromatic heterocycles. The molecule has 45 heavy (non-hydrogen) atoms. The molecule has 0 spiro atoms. The normalized spacial score (nSPS) is 16.9. The Labute approximate surface area is 251 Å². The van der Waals surface area contributed by atoms with E-state index in [-0.39, 0.29) is 42.9 Å². The first-order valence-corrected chi connectivity index (χ1v) is 13.1. The zero-order valence-electron chi connectivity index (χ0n) is 24.5. The highest BCUT2D eigenvalue weighted by molar-refractivity contribution is 5.84. The van der Waals surface area contributed by atoms with Crippen LogP contribution in [0.4, 0.5) is 37.7 Å². The molecule has 2 heterocycles. The second-order valence-corrected chi connectivity index (χ2v) is 11.2. The highest BCUT2D eigenvalue weighted by Gasteiger charge is 2.51. The van der Waals surface area contributed by atoms with Gasteiger partial charge in [-0.3, -0.25) is 29.8 Å². The summed E-state index contributed by atoms with van der Waals surface area (Å²) in [5.74, 6) is -4.44. The fraction of sp³-hybridized carbons (Fsp3) is 0.481. The van der Waals surface area contributed by atoms with E-state index >= 15 is 0 Å². The molecule has 2 aliphatic rings. The van der Waals surface area contributed by atoms with Gasteiger partial charge in [-0.05, 0) is 74.9 Å². The Morgan fingerprint density at radius 3 is 1.51 bits per heavy atom. The van der Waals surface area contributed by atoms with Crippen LogP contribution in [-0.4, -0.2) is 69.1 Å². The van der Waals surface area contributed by atoms with Crippen molar-refractivity contribution in [2.45, 2.75) is 64.0 Å². The standard InChI is InChI=1S/C14H15F3N2O4.C13H13F3N2O4/c1-13(2)9-7-10(19(21)22)11(23-3)6-8(9)4-5-18(13)12(20)14(15,16)17;1-12(2)8-6-9(18(21)22)10(19)5-7(8)3-4-17(12)11(20)13(14,15)16/h6-7H,4-5H2,1-3H3;5-6,19H,3-4H2,1-2H3. The summed E-state index contributed by atoms with van der Waals surface area (Å²) in [6, 6.07) is 4.83. The Morgan fingerprint density at radius 1 is 0.778 bits per heavy atom. The summed E-state index contributed by atoms with van der Waals surface area (Å²) in [5.41, 5.74) is -2.00. The monoisotopic (exact) mass is 650 g/mol. The summed E-state index contributed by atoms with van der Waals surface area (Å²) < 4.78 is 81.3. The summed E-state index contributed by atoms with van der Waals surface area (Å²) in [5, 5.41) is 31.6. The van der Waals surface area contributed by atoms with Crippen LogP contribution in [0.2, 0.25) is 0 Å². The summed E-state index contributed by atoms with van der Waals surface area (Å²) in [7, 11) is 1.28. The number of aromatic hydroxyl groups is 1. The molecule has 12 nitrogen and oxygen atoms in total. The topological polar surface area (TPSA) is 156 Å². The molecule has 0 saturated carbocycles. The van der Waals surface area contributed by atoms with Crippen LogP contribution >= 0.6 is 0 Å². The average Bonchev–Trinajstić information content (AvgIpc) is 2.90. The van der Waals surface area contributed by atoms with E-state index < -0.39 is 56.5 Å². The van der Waals surface area contributed by atoms with Gasteiger partial charge in [0.25, 0.3) is 0 Å². The van der Waals surface area contributed by atoms with Crippen molar-refractivity contribution in [3.63, 3.8) is 0 Å². The van der Waals surface area contributed by atoms with Gasteiger partial charge in [0.05, 0.1) is 28.0 Å². The highest BCUT2D eigenvalue weighted by Crippen LogP contribution is 2.43. The molecule has 0 aliphatic carbocycles. The zero-order chi connectivity index (χ0) is 34.4. The van der Waals surface area contributed by atoms with Crippen LogP contribution in [-0.2, 0) is 33.5 Å². The number of carbonyl (C=O) groups is 2. The summed E-state index contributed by atoms with van der Waals surface area (Å²) >= 11 is 0. The number of carbonyl (C=O) groups excluding carboxylic acids is 2. The van der Waals surface area contributed by atoms with Crippen LogP contribution in [0.15, 0.2) is 24.3 Å². The first-order chi connectivity index (χ1) is 20.5. The van der Waals surface area contributed by atoms with Gasteiger partial charge in [0.1, 0.15) is 0 Å². The fourth-order valence-corrected chi connectivity index (χ4v) is 5.57. The van der Waals surface area contributed by atoms with Crippen molar-refractivity contribution in [3.8, 4) is 11.5 Å². The minimum Gasteiger partial charge on any atom is -0.502 e. The molecule has 2 amide bonds. The van der Waals surface area contributed by atoms with Crippen LogP contribution in [0.25, 0.3) is 0 Å². The molecule has 0 saturated heterocycles. The summed E-state index contributed by atoms with van der Waals surface area (Å²) in [6.45, 7) is 5.33. The van der Waals surface area contributed by atoms with Gasteiger partial charge in [0, 0.05) is 25.2 Å². The fourth-order valence-electron chi connectivity index (χ4n) is 5.57. The Morgan fingerprint density at radius 2 is 1.16 bits per heavy atom. The lowest BCUT2D eigenvalue weighted by Crippen LogP contribution is -2.54. The molecule has 4 rings (SSSR count). The number of phenolic OH excluding ortho intramolecular Hbond substituents is 1. The van der Waals surface area contributed by atoms with E-state index in [9.17, 15) is 61.3 Å². The Balaban J connectivity index is 0.000000246. The molecule has 2 aromatic carbocycles. The molecule has 0 bridgehead atoms. The van der Waals surface area contributed by atoms with E-state index in [4.69, 9.17) is 4.74 Å². The molecule has 18 heteroatoms. The lowest BCUT2D eigenvalue weighted by Gasteiger charge is -2.44. The zero-order valence-corrected chi connectivity index (χ0v) is 24.5. The van der Waals surface area contributed by atoms with E-state index in [1.54, 1.807) is 0 Å². The number of ether oxygens (including phenoxy) is 1. The van der Waals surface area contributed by atoms with Gasteiger partial charge in [0.2, 0.25) is 0 Å². The number of amides is 2. The number of hydrogen-bond donors (Lipinski definition) is 1. The number of halogens is 6. The van der Waals surface area contributed by atoms with Crippen molar-refractivity contribution in [2.75, 3.05) is 20.2 Å². The van der Waals surface area contributed by atoms with Crippen molar-refractivity contribution in [1.82, 2.24) is 9.80 Å². The Hall–Kier alpha value is -4.64. The maximum Gasteiger partial charge on any atom is 0.471 e. The van der Waals surface area contributed by atoms with Crippen LogP contribution in [0, 0.1) is 20.2 Å². The molecule has 2 aromatic rings. The molecule has 1 N–H and O–H groups in total. The van der Waals surface area contributed by atoms with E-state index in [1.165, 1.54) is 53.0 Å². The van der Waals surface area contributed by atoms with Crippen molar-refractivity contribution in [3.05, 3.63) is 66.7 Å². The van der Waals surface area contributed by atoms with Gasteiger partial charge in [-0.1, -0.05) is 0 Å². The van der Waals surface area contributed by atoms with E-state index in [1.807, 2.05) is 0 Å². The number of rotatable bonds is 3. The summed E-state index contributed by atoms with van der Waals surface area (Å²) in [6.07, 6.45) is -9.77. The number of phenols is 1. The van der Waals surface area contributed by atoms with Gasteiger partial charge in [-0.25, -0.2) is 0 Å². The number of alkyl halides is 6. The van der Waals surface area contributed by atoms with E-state index in [0.29, 0.717) is 26.5 Å². The molecule has 2 aliphatic heterocycles. The first-order valence-electron chi connectivity index (χ1n) is 13.1. The largest absolute Gasteiger partial charge is 0.502 e. The molecule has 0 atom stereocenters. The third kappa shape index (κ3) is 6.58. The highest BCUT2D eigenvalue weighted by atomic mass is 19.4. The number of benzene rings is 2. The Kier molecular flexibility index (Phi) is 9.06. The average molecular weight is 651 g/mol. The summed E-state index contributed by atoms with van der Waals surface area (Å²) in [4.78, 5) is 45.0. The molecule has 0 unspecified atom stereocenters. The van der Waals surface area contributed by atoms with E-state index in [2.05, 4.69) is 0 Å². The predicted octanol–water partition coefficient (Wildman–Crippen LogP) is 5.27. The van der Waals surface area contributed by atoms with Gasteiger partial charge in [-0.15, -0.1) is 0 Å². The number of nitro groups is 2. The van der Waals surface area contributed by atoms with Crippen molar-refractivity contribution < 1.29 is 55.6 Å². The van der Waals surface area contributed by atoms with Gasteiger partial charge < -0.3 is 19.6 Å². The van der Waals surface area contributed by atoms with Crippen molar-refractivity contribution >= 4 is 23.2 Å². The molecule has 0 fully saturated rings. The van der Waals surface area contributed by atoms with Gasteiger partial charge >= 0.3 is 35.5 Å². The van der Waals surface area contributed by atoms with Gasteiger partial charge in [-0.2, -0.15) is 26.3 Å². The maximum atomic E-state index is 12.8. The van der Waals surface area contributed by atoms with Crippen molar-refractivity contribution in [1.29, 1.82) is 0 Å². The maximum absolute atomic E-state index is 12.8. The second-order valence-electron chi connectivity index (χ2n) is 11.2. The SMILES string of the molecule is CC1(C)c2cc([N+](=O)[O-])c(O)cc2CCN1C(=O)C(F)(F)F.COc1cc2c(cc1[N+](=O)[O-])C(C)(C)N(C(=O)C(F)(F)F)CC2. The second kappa shape index (κ2) is 11.7. The van der Waals surface area contributed by atoms with Crippen LogP contribution in [0.5, 0.6) is 11.5 Å². The lowest BCUT2D eigenvalue weighted by atomic mass is 9.82. The van der Waals surface area contributed by atoms with E-state index in [0.717, 1.165) is 6.07 Å². The third-order valence-corrected chi connectivity index (χ3v) is 7.85. The number of nitro benzene ring substituents is 2. The predicted molar refractivity (Wildman–Crippen MR) is 143 cm³/mol. The quantitative estimate of drug-likeness (QED) is 0.268. The third-order valence-electron chi connectivity index (χ3n) is 7.85. The first kappa shape index (κ1) is 34.8. The molecule has 0 radical (unpaired) electrons. The van der Waals surface area contributed by atoms with Crippen LogP contribution < -0.4 is 4.74 Å². The minimum absolute atomic E-state index is 0.0418. The van der Waals surface area contributed by atoms with Gasteiger partial charge in [0.15, 0.2) is 11.5 Å². The lowest BCUT2D eigenvalue weighted by molar-refractivity contribution is -0.386. The van der Waals surface area contributed by atoms with Crippen molar-refractivity contribution in [2.24, 2.45) is 0 Å². The minimum atomic E-state index is -5.02. The number of hydrogen-bond acceptors (Lipinski definition) is 8. The molecular formula is C27H28F6N4O8. The number of fused-ring (bicyclic) bond motifs is 2.